The van der Waals surface area contributed by atoms with Crippen LogP contribution in [0.3, 0.4) is 0 Å². The number of piperidine rings is 1. The van der Waals surface area contributed by atoms with Gasteiger partial charge in [-0.25, -0.2) is 0 Å². The van der Waals surface area contributed by atoms with Crippen molar-refractivity contribution in [2.24, 2.45) is 17.1 Å². The fraction of sp³-hybridized carbons (Fsp3) is 1.00. The summed E-state index contributed by atoms with van der Waals surface area (Å²) in [5.41, 5.74) is 6.46. The molecule has 1 aliphatic heterocycles. The number of fused-ring (bicyclic) bond motifs is 2. The second-order valence-corrected chi connectivity index (χ2v) is 6.59. The third-order valence-corrected chi connectivity index (χ3v) is 4.36. The molecule has 0 amide bonds. The van der Waals surface area contributed by atoms with Gasteiger partial charge < -0.3 is 10.6 Å². The number of likely N-dealkylation sites (tertiary alicyclic amines) is 1. The third-order valence-electron chi connectivity index (χ3n) is 4.36. The average molecular weight is 210 g/mol. The summed E-state index contributed by atoms with van der Waals surface area (Å²) in [4.78, 5) is 2.68. The summed E-state index contributed by atoms with van der Waals surface area (Å²) < 4.78 is 0. The van der Waals surface area contributed by atoms with Crippen molar-refractivity contribution in [3.05, 3.63) is 0 Å². The fourth-order valence-corrected chi connectivity index (χ4v) is 3.04. The predicted molar refractivity (Wildman–Crippen MR) is 64.7 cm³/mol. The molecule has 2 fully saturated rings. The molecule has 0 aromatic rings. The Balaban J connectivity index is 1.75. The Hall–Kier alpha value is -0.0800. The molecule has 0 aromatic carbocycles. The van der Waals surface area contributed by atoms with Crippen molar-refractivity contribution in [3.8, 4) is 0 Å². The van der Waals surface area contributed by atoms with Crippen LogP contribution in [-0.4, -0.2) is 30.1 Å². The van der Waals surface area contributed by atoms with Crippen LogP contribution >= 0.6 is 0 Å². The van der Waals surface area contributed by atoms with Gasteiger partial charge in [-0.1, -0.05) is 20.8 Å². The van der Waals surface area contributed by atoms with Crippen molar-refractivity contribution in [1.29, 1.82) is 0 Å². The highest BCUT2D eigenvalue weighted by Crippen LogP contribution is 2.37. The summed E-state index contributed by atoms with van der Waals surface area (Å²) in [5.74, 6) is 1.01. The Bertz CT molecular complexity index is 219. The van der Waals surface area contributed by atoms with Gasteiger partial charge in [0.1, 0.15) is 0 Å². The molecule has 1 saturated heterocycles. The predicted octanol–water partition coefficient (Wildman–Crippen LogP) is 2.23. The summed E-state index contributed by atoms with van der Waals surface area (Å²) in [5, 5.41) is 0. The van der Waals surface area contributed by atoms with Crippen LogP contribution in [0.4, 0.5) is 0 Å². The Labute approximate surface area is 94.2 Å². The van der Waals surface area contributed by atoms with E-state index in [4.69, 9.17) is 5.73 Å². The Kier molecular flexibility index (Phi) is 3.09. The molecule has 0 aromatic heterocycles. The van der Waals surface area contributed by atoms with Gasteiger partial charge in [-0.2, -0.15) is 0 Å². The Morgan fingerprint density at radius 2 is 2.07 bits per heavy atom. The molecule has 88 valence electrons. The summed E-state index contributed by atoms with van der Waals surface area (Å²) >= 11 is 0. The summed E-state index contributed by atoms with van der Waals surface area (Å²) in [6, 6.07) is 1.25. The highest BCUT2D eigenvalue weighted by Gasteiger charge is 2.37. The lowest BCUT2D eigenvalue weighted by Crippen LogP contribution is -2.40. The Morgan fingerprint density at radius 1 is 1.33 bits per heavy atom. The van der Waals surface area contributed by atoms with Gasteiger partial charge in [0, 0.05) is 18.6 Å². The van der Waals surface area contributed by atoms with Crippen molar-refractivity contribution in [1.82, 2.24) is 4.90 Å². The third kappa shape index (κ3) is 2.54. The molecular formula is C13H26N2. The lowest BCUT2D eigenvalue weighted by Gasteiger charge is -2.32. The van der Waals surface area contributed by atoms with E-state index in [2.05, 4.69) is 25.7 Å². The molecule has 1 saturated carbocycles. The molecule has 0 spiro atoms. The number of hydrogen-bond donors (Lipinski definition) is 1. The van der Waals surface area contributed by atoms with E-state index in [1.807, 2.05) is 0 Å². The van der Waals surface area contributed by atoms with E-state index in [0.717, 1.165) is 18.4 Å². The first-order chi connectivity index (χ1) is 6.97. The molecule has 2 N–H and O–H groups in total. The molecule has 3 unspecified atom stereocenters. The highest BCUT2D eigenvalue weighted by molar-refractivity contribution is 4.92. The standard InChI is InChI=1S/C13H26N2/c1-13(2,3)12(14)6-7-15-9-10-4-5-11(15)8-10/h10-12H,4-9,14H2,1-3H3. The maximum atomic E-state index is 6.20. The van der Waals surface area contributed by atoms with Crippen LogP contribution < -0.4 is 5.73 Å². The van der Waals surface area contributed by atoms with Crippen LogP contribution in [0.5, 0.6) is 0 Å². The summed E-state index contributed by atoms with van der Waals surface area (Å²) in [6.07, 6.45) is 5.54. The molecule has 2 bridgehead atoms. The van der Waals surface area contributed by atoms with Crippen LogP contribution in [-0.2, 0) is 0 Å². The molecule has 1 heterocycles. The van der Waals surface area contributed by atoms with E-state index in [1.165, 1.54) is 32.4 Å². The second kappa shape index (κ2) is 4.06. The summed E-state index contributed by atoms with van der Waals surface area (Å²) in [7, 11) is 0. The van der Waals surface area contributed by atoms with Crippen molar-refractivity contribution in [3.63, 3.8) is 0 Å². The van der Waals surface area contributed by atoms with Gasteiger partial charge in [-0.3, -0.25) is 0 Å². The van der Waals surface area contributed by atoms with Gasteiger partial charge >= 0.3 is 0 Å². The Morgan fingerprint density at radius 3 is 2.53 bits per heavy atom. The van der Waals surface area contributed by atoms with Gasteiger partial charge in [0.15, 0.2) is 0 Å². The van der Waals surface area contributed by atoms with Crippen molar-refractivity contribution >= 4 is 0 Å². The van der Waals surface area contributed by atoms with E-state index < -0.39 is 0 Å². The van der Waals surface area contributed by atoms with Gasteiger partial charge in [0.05, 0.1) is 0 Å². The topological polar surface area (TPSA) is 29.3 Å². The molecule has 2 heteroatoms. The number of rotatable bonds is 3. The molecule has 2 aliphatic rings. The van der Waals surface area contributed by atoms with Gasteiger partial charge in [0.25, 0.3) is 0 Å². The zero-order valence-corrected chi connectivity index (χ0v) is 10.5. The minimum absolute atomic E-state index is 0.263. The molecule has 3 atom stereocenters. The average Bonchev–Trinajstić information content (AvgIpc) is 2.73. The maximum Gasteiger partial charge on any atom is 0.00998 e. The lowest BCUT2D eigenvalue weighted by molar-refractivity contribution is 0.188. The fourth-order valence-electron chi connectivity index (χ4n) is 3.04. The van der Waals surface area contributed by atoms with Crippen LogP contribution in [0, 0.1) is 11.3 Å². The molecule has 0 radical (unpaired) electrons. The molecule has 15 heavy (non-hydrogen) atoms. The SMILES string of the molecule is CC(C)(C)C(N)CCN1CC2CCC1C2. The highest BCUT2D eigenvalue weighted by atomic mass is 15.2. The zero-order valence-electron chi connectivity index (χ0n) is 10.5. The second-order valence-electron chi connectivity index (χ2n) is 6.59. The van der Waals surface area contributed by atoms with Crippen molar-refractivity contribution in [2.45, 2.75) is 58.5 Å². The van der Waals surface area contributed by atoms with E-state index in [0.29, 0.717) is 6.04 Å². The first kappa shape index (κ1) is 11.4. The first-order valence-electron chi connectivity index (χ1n) is 6.46. The molecule has 1 aliphatic carbocycles. The number of nitrogens with zero attached hydrogens (tertiary/aromatic N) is 1. The van der Waals surface area contributed by atoms with Gasteiger partial charge in [-0.15, -0.1) is 0 Å². The van der Waals surface area contributed by atoms with Crippen LogP contribution in [0.1, 0.15) is 46.5 Å². The number of nitrogens with two attached hydrogens (primary N) is 1. The van der Waals surface area contributed by atoms with Crippen LogP contribution in [0.25, 0.3) is 0 Å². The minimum Gasteiger partial charge on any atom is -0.327 e. The van der Waals surface area contributed by atoms with Gasteiger partial charge in [-0.05, 0) is 43.6 Å². The zero-order chi connectivity index (χ0) is 11.1. The monoisotopic (exact) mass is 210 g/mol. The minimum atomic E-state index is 0.263. The first-order valence-corrected chi connectivity index (χ1v) is 6.46. The van der Waals surface area contributed by atoms with Crippen LogP contribution in [0.15, 0.2) is 0 Å². The van der Waals surface area contributed by atoms with E-state index >= 15 is 0 Å². The normalized spacial score (nSPS) is 33.6. The van der Waals surface area contributed by atoms with Crippen molar-refractivity contribution < 1.29 is 0 Å². The number of hydrogen-bond acceptors (Lipinski definition) is 2. The van der Waals surface area contributed by atoms with Gasteiger partial charge in [0.2, 0.25) is 0 Å². The lowest BCUT2D eigenvalue weighted by atomic mass is 9.85. The van der Waals surface area contributed by atoms with E-state index in [1.54, 1.807) is 0 Å². The maximum absolute atomic E-state index is 6.20. The molecule has 2 rings (SSSR count). The smallest absolute Gasteiger partial charge is 0.00998 e. The largest absolute Gasteiger partial charge is 0.327 e. The molecular weight excluding hydrogens is 184 g/mol. The molecule has 2 nitrogen and oxygen atoms in total. The summed E-state index contributed by atoms with van der Waals surface area (Å²) in [6.45, 7) is 9.30. The van der Waals surface area contributed by atoms with E-state index in [9.17, 15) is 0 Å². The quantitative estimate of drug-likeness (QED) is 0.774. The van der Waals surface area contributed by atoms with Crippen molar-refractivity contribution in [2.75, 3.05) is 13.1 Å². The van der Waals surface area contributed by atoms with Crippen LogP contribution in [0.2, 0.25) is 0 Å². The van der Waals surface area contributed by atoms with E-state index in [-0.39, 0.29) is 5.41 Å².